The topological polar surface area (TPSA) is 99.8 Å². The zero-order valence-corrected chi connectivity index (χ0v) is 12.8. The number of rotatable bonds is 3. The lowest BCUT2D eigenvalue weighted by atomic mass is 9.77. The van der Waals surface area contributed by atoms with Crippen molar-refractivity contribution in [2.75, 3.05) is 20.1 Å². The molecule has 2 fully saturated rings. The number of aryl methyl sites for hydroxylation is 1. The first-order valence-corrected chi connectivity index (χ1v) is 7.44. The van der Waals surface area contributed by atoms with Gasteiger partial charge in [0, 0.05) is 33.1 Å². The summed E-state index contributed by atoms with van der Waals surface area (Å²) >= 11 is 0. The molecule has 1 N–H and O–H groups in total. The van der Waals surface area contributed by atoms with Crippen LogP contribution in [0.4, 0.5) is 0 Å². The smallest absolute Gasteiger partial charge is 0.309 e. The molecule has 0 radical (unpaired) electrons. The lowest BCUT2D eigenvalue weighted by molar-refractivity contribution is -0.146. The maximum Gasteiger partial charge on any atom is 0.309 e. The van der Waals surface area contributed by atoms with Crippen molar-refractivity contribution < 1.29 is 19.3 Å². The Labute approximate surface area is 128 Å². The van der Waals surface area contributed by atoms with Crippen LogP contribution in [-0.2, 0) is 16.1 Å². The van der Waals surface area contributed by atoms with E-state index in [-0.39, 0.29) is 12.3 Å². The number of piperidine rings is 1. The monoisotopic (exact) mass is 308 g/mol. The van der Waals surface area contributed by atoms with Crippen LogP contribution < -0.4 is 0 Å². The van der Waals surface area contributed by atoms with Gasteiger partial charge in [0.15, 0.2) is 0 Å². The largest absolute Gasteiger partial charge is 0.481 e. The summed E-state index contributed by atoms with van der Waals surface area (Å²) in [7, 11) is 1.73. The Morgan fingerprint density at radius 3 is 2.64 bits per heavy atom. The SMILES string of the molecule is Cc1nonc1CN1CCC2(CC1)[C@H](C(=O)O)CC(=O)N2C. The fourth-order valence-electron chi connectivity index (χ4n) is 3.69. The van der Waals surface area contributed by atoms with Crippen molar-refractivity contribution in [1.82, 2.24) is 20.1 Å². The summed E-state index contributed by atoms with van der Waals surface area (Å²) in [6.45, 7) is 3.95. The van der Waals surface area contributed by atoms with Crippen molar-refractivity contribution in [1.29, 1.82) is 0 Å². The van der Waals surface area contributed by atoms with Crippen LogP contribution in [0.25, 0.3) is 0 Å². The van der Waals surface area contributed by atoms with Gasteiger partial charge in [-0.05, 0) is 19.8 Å². The number of hydrogen-bond donors (Lipinski definition) is 1. The minimum Gasteiger partial charge on any atom is -0.481 e. The highest BCUT2D eigenvalue weighted by atomic mass is 16.6. The molecule has 0 unspecified atom stereocenters. The van der Waals surface area contributed by atoms with E-state index in [0.717, 1.165) is 24.5 Å². The van der Waals surface area contributed by atoms with E-state index in [1.807, 2.05) is 6.92 Å². The van der Waals surface area contributed by atoms with Crippen LogP contribution >= 0.6 is 0 Å². The summed E-state index contributed by atoms with van der Waals surface area (Å²) in [5, 5.41) is 17.1. The fourth-order valence-corrected chi connectivity index (χ4v) is 3.69. The maximum atomic E-state index is 12.0. The number of likely N-dealkylation sites (tertiary alicyclic amines) is 2. The molecule has 8 heteroatoms. The number of nitrogens with zero attached hydrogens (tertiary/aromatic N) is 4. The summed E-state index contributed by atoms with van der Waals surface area (Å²) in [4.78, 5) is 27.3. The lowest BCUT2D eigenvalue weighted by Crippen LogP contribution is -2.55. The van der Waals surface area contributed by atoms with Gasteiger partial charge in [0.1, 0.15) is 11.4 Å². The van der Waals surface area contributed by atoms with Crippen molar-refractivity contribution in [2.45, 2.75) is 38.3 Å². The van der Waals surface area contributed by atoms with Gasteiger partial charge in [0.05, 0.1) is 11.5 Å². The van der Waals surface area contributed by atoms with Crippen molar-refractivity contribution in [3.05, 3.63) is 11.4 Å². The molecular weight excluding hydrogens is 288 g/mol. The fraction of sp³-hybridized carbons (Fsp3) is 0.714. The van der Waals surface area contributed by atoms with Crippen LogP contribution in [0, 0.1) is 12.8 Å². The van der Waals surface area contributed by atoms with Gasteiger partial charge >= 0.3 is 5.97 Å². The highest BCUT2D eigenvalue weighted by Gasteiger charge is 2.55. The lowest BCUT2D eigenvalue weighted by Gasteiger charge is -2.45. The molecule has 1 spiro atoms. The molecule has 120 valence electrons. The van der Waals surface area contributed by atoms with Gasteiger partial charge in [-0.1, -0.05) is 10.3 Å². The van der Waals surface area contributed by atoms with Crippen LogP contribution in [0.15, 0.2) is 4.63 Å². The highest BCUT2D eigenvalue weighted by molar-refractivity contribution is 5.88. The van der Waals surface area contributed by atoms with E-state index in [1.165, 1.54) is 0 Å². The molecule has 1 aromatic heterocycles. The molecule has 0 bridgehead atoms. The first-order valence-electron chi connectivity index (χ1n) is 7.44. The average Bonchev–Trinajstić information content (AvgIpc) is 2.99. The minimum atomic E-state index is -0.873. The first kappa shape index (κ1) is 15.0. The van der Waals surface area contributed by atoms with Crippen molar-refractivity contribution in [2.24, 2.45) is 5.92 Å². The molecule has 1 aromatic rings. The average molecular weight is 308 g/mol. The zero-order valence-electron chi connectivity index (χ0n) is 12.8. The molecule has 1 amide bonds. The molecule has 0 aliphatic carbocycles. The van der Waals surface area contributed by atoms with Gasteiger partial charge < -0.3 is 10.0 Å². The van der Waals surface area contributed by atoms with E-state index in [9.17, 15) is 14.7 Å². The molecule has 0 aromatic carbocycles. The minimum absolute atomic E-state index is 0.0719. The van der Waals surface area contributed by atoms with E-state index in [1.54, 1.807) is 11.9 Å². The highest BCUT2D eigenvalue weighted by Crippen LogP contribution is 2.42. The number of aromatic nitrogens is 2. The Morgan fingerprint density at radius 1 is 1.41 bits per heavy atom. The van der Waals surface area contributed by atoms with E-state index in [4.69, 9.17) is 4.63 Å². The second-order valence-electron chi connectivity index (χ2n) is 6.22. The zero-order chi connectivity index (χ0) is 15.9. The maximum absolute atomic E-state index is 12.0. The summed E-state index contributed by atoms with van der Waals surface area (Å²) < 4.78 is 4.70. The Morgan fingerprint density at radius 2 is 2.09 bits per heavy atom. The summed E-state index contributed by atoms with van der Waals surface area (Å²) in [6.07, 6.45) is 1.44. The number of carboxylic acid groups (broad SMARTS) is 1. The number of carbonyl (C=O) groups excluding carboxylic acids is 1. The second kappa shape index (κ2) is 5.35. The number of aliphatic carboxylic acids is 1. The summed E-state index contributed by atoms with van der Waals surface area (Å²) in [6, 6.07) is 0. The Hall–Kier alpha value is -1.96. The normalized spacial score (nSPS) is 25.1. The van der Waals surface area contributed by atoms with Crippen molar-refractivity contribution in [3.63, 3.8) is 0 Å². The molecule has 2 aliphatic heterocycles. The van der Waals surface area contributed by atoms with Crippen LogP contribution in [0.5, 0.6) is 0 Å². The van der Waals surface area contributed by atoms with Gasteiger partial charge in [-0.15, -0.1) is 0 Å². The number of carbonyl (C=O) groups is 2. The molecule has 3 heterocycles. The quantitative estimate of drug-likeness (QED) is 0.855. The van der Waals surface area contributed by atoms with E-state index in [2.05, 4.69) is 15.2 Å². The van der Waals surface area contributed by atoms with Gasteiger partial charge in [0.2, 0.25) is 5.91 Å². The van der Waals surface area contributed by atoms with Gasteiger partial charge in [-0.3, -0.25) is 14.5 Å². The summed E-state index contributed by atoms with van der Waals surface area (Å²) in [5.74, 6) is -1.55. The van der Waals surface area contributed by atoms with E-state index >= 15 is 0 Å². The van der Waals surface area contributed by atoms with Gasteiger partial charge in [-0.25, -0.2) is 4.63 Å². The molecule has 8 nitrogen and oxygen atoms in total. The van der Waals surface area contributed by atoms with Crippen LogP contribution in [-0.4, -0.2) is 62.8 Å². The van der Waals surface area contributed by atoms with Crippen LogP contribution in [0.1, 0.15) is 30.7 Å². The van der Waals surface area contributed by atoms with E-state index in [0.29, 0.717) is 19.4 Å². The van der Waals surface area contributed by atoms with Crippen molar-refractivity contribution >= 4 is 11.9 Å². The number of hydrogen-bond acceptors (Lipinski definition) is 6. The van der Waals surface area contributed by atoms with Gasteiger partial charge in [0.25, 0.3) is 0 Å². The van der Waals surface area contributed by atoms with Gasteiger partial charge in [-0.2, -0.15) is 0 Å². The molecule has 22 heavy (non-hydrogen) atoms. The molecule has 2 aliphatic rings. The predicted molar refractivity (Wildman–Crippen MR) is 74.8 cm³/mol. The van der Waals surface area contributed by atoms with Crippen molar-refractivity contribution in [3.8, 4) is 0 Å². The molecular formula is C14H20N4O4. The third-order valence-corrected chi connectivity index (χ3v) is 5.21. The Balaban J connectivity index is 1.71. The van der Waals surface area contributed by atoms with Crippen LogP contribution in [0.3, 0.4) is 0 Å². The third kappa shape index (κ3) is 2.27. The Bertz CT molecular complexity index is 591. The van der Waals surface area contributed by atoms with E-state index < -0.39 is 17.4 Å². The third-order valence-electron chi connectivity index (χ3n) is 5.21. The predicted octanol–water partition coefficient (Wildman–Crippen LogP) is 0.276. The number of amides is 1. The molecule has 1 atom stereocenters. The second-order valence-corrected chi connectivity index (χ2v) is 6.22. The Kier molecular flexibility index (Phi) is 3.64. The van der Waals surface area contributed by atoms with Crippen LogP contribution in [0.2, 0.25) is 0 Å². The number of carboxylic acids is 1. The summed E-state index contributed by atoms with van der Waals surface area (Å²) in [5.41, 5.74) is 1.04. The molecule has 0 saturated carbocycles. The first-order chi connectivity index (χ1) is 10.4. The standard InChI is InChI=1S/C14H20N4O4/c1-9-11(16-22-15-9)8-18-5-3-14(4-6-18)10(13(20)21)7-12(19)17(14)2/h10H,3-8H2,1-2H3,(H,20,21)/t10-/m0/s1. The molecule has 3 rings (SSSR count). The molecule has 2 saturated heterocycles.